The van der Waals surface area contributed by atoms with Crippen molar-refractivity contribution in [3.8, 4) is 0 Å². The van der Waals surface area contributed by atoms with Crippen LogP contribution in [0.2, 0.25) is 5.02 Å². The van der Waals surface area contributed by atoms with E-state index < -0.39 is 23.2 Å². The molecule has 0 fully saturated rings. The molecule has 0 spiro atoms. The fourth-order valence-corrected chi connectivity index (χ4v) is 3.16. The number of amides is 2. The van der Waals surface area contributed by atoms with Gasteiger partial charge in [0, 0.05) is 23.7 Å². The van der Waals surface area contributed by atoms with Crippen LogP contribution >= 0.6 is 11.6 Å². The summed E-state index contributed by atoms with van der Waals surface area (Å²) in [5, 5.41) is 0.932. The second kappa shape index (κ2) is 6.07. The molecule has 0 atom stereocenters. The second-order valence-corrected chi connectivity index (χ2v) is 6.41. The van der Waals surface area contributed by atoms with Crippen molar-refractivity contribution in [1.29, 1.82) is 0 Å². The summed E-state index contributed by atoms with van der Waals surface area (Å²) < 4.78 is 1.56. The van der Waals surface area contributed by atoms with E-state index in [-0.39, 0.29) is 22.1 Å². The van der Waals surface area contributed by atoms with Gasteiger partial charge in [0.2, 0.25) is 5.43 Å². The highest BCUT2D eigenvalue weighted by atomic mass is 35.5. The Labute approximate surface area is 157 Å². The van der Waals surface area contributed by atoms with Crippen molar-refractivity contribution in [3.05, 3.63) is 80.6 Å². The number of fused-ring (bicyclic) bond motifs is 2. The van der Waals surface area contributed by atoms with Crippen molar-refractivity contribution < 1.29 is 19.2 Å². The van der Waals surface area contributed by atoms with Gasteiger partial charge < -0.3 is 9.40 Å². The van der Waals surface area contributed by atoms with Gasteiger partial charge in [0.1, 0.15) is 5.56 Å². The van der Waals surface area contributed by atoms with Crippen LogP contribution in [0.15, 0.2) is 53.5 Å². The van der Waals surface area contributed by atoms with Crippen LogP contribution in [-0.4, -0.2) is 27.4 Å². The molecule has 1 aliphatic rings. The van der Waals surface area contributed by atoms with Gasteiger partial charge in [-0.15, -0.1) is 0 Å². The number of benzene rings is 2. The van der Waals surface area contributed by atoms with Gasteiger partial charge in [-0.05, 0) is 30.3 Å². The minimum absolute atomic E-state index is 0.133. The van der Waals surface area contributed by atoms with Crippen LogP contribution in [0, 0.1) is 0 Å². The molecule has 0 unspecified atom stereocenters. The smallest absolute Gasteiger partial charge is 0.349 e. The summed E-state index contributed by atoms with van der Waals surface area (Å²) in [5.74, 6) is -2.62. The minimum atomic E-state index is -1.10. The lowest BCUT2D eigenvalue weighted by atomic mass is 10.1. The quantitative estimate of drug-likeness (QED) is 0.636. The Morgan fingerprint density at radius 3 is 2.26 bits per heavy atom. The molecule has 0 saturated heterocycles. The lowest BCUT2D eigenvalue weighted by Gasteiger charge is -2.13. The lowest BCUT2D eigenvalue weighted by molar-refractivity contribution is -0.0585. The van der Waals surface area contributed by atoms with Crippen molar-refractivity contribution >= 4 is 40.3 Å². The van der Waals surface area contributed by atoms with Crippen molar-refractivity contribution in [2.45, 2.75) is 0 Å². The average molecular weight is 383 g/mol. The Balaban J connectivity index is 1.73. The normalized spacial score (nSPS) is 13.2. The highest BCUT2D eigenvalue weighted by Crippen LogP contribution is 2.23. The van der Waals surface area contributed by atoms with Crippen LogP contribution in [0.3, 0.4) is 0 Å². The molecule has 2 heterocycles. The average Bonchev–Trinajstić information content (AvgIpc) is 2.89. The van der Waals surface area contributed by atoms with E-state index in [9.17, 15) is 19.2 Å². The van der Waals surface area contributed by atoms with Crippen LogP contribution in [-0.2, 0) is 11.9 Å². The molecule has 0 aliphatic carbocycles. The third kappa shape index (κ3) is 2.60. The Morgan fingerprint density at radius 1 is 1.00 bits per heavy atom. The summed E-state index contributed by atoms with van der Waals surface area (Å²) in [7, 11) is 1.65. The maximum atomic E-state index is 12.7. The number of hydrogen-bond acceptors (Lipinski definition) is 5. The molecule has 134 valence electrons. The Kier molecular flexibility index (Phi) is 3.82. The molecule has 2 amide bonds. The first-order valence-corrected chi connectivity index (χ1v) is 8.25. The summed E-state index contributed by atoms with van der Waals surface area (Å²) in [4.78, 5) is 54.8. The number of aromatic nitrogens is 1. The van der Waals surface area contributed by atoms with Gasteiger partial charge in [-0.3, -0.25) is 14.4 Å². The van der Waals surface area contributed by atoms with Gasteiger partial charge in [-0.25, -0.2) is 4.79 Å². The van der Waals surface area contributed by atoms with Gasteiger partial charge >= 0.3 is 5.97 Å². The highest BCUT2D eigenvalue weighted by molar-refractivity contribution is 6.31. The van der Waals surface area contributed by atoms with Crippen LogP contribution in [0.1, 0.15) is 31.1 Å². The minimum Gasteiger partial charge on any atom is -0.349 e. The third-order valence-corrected chi connectivity index (χ3v) is 4.54. The number of pyridine rings is 1. The molecule has 2 aromatic carbocycles. The molecular formula is C19H11ClN2O5. The number of nitrogens with zero attached hydrogens (tertiary/aromatic N) is 2. The van der Waals surface area contributed by atoms with E-state index in [0.29, 0.717) is 15.6 Å². The molecule has 0 bridgehead atoms. The van der Waals surface area contributed by atoms with E-state index in [1.807, 2.05) is 0 Å². The topological polar surface area (TPSA) is 85.7 Å². The molecule has 0 saturated carbocycles. The molecule has 0 radical (unpaired) electrons. The summed E-state index contributed by atoms with van der Waals surface area (Å²) in [6.07, 6.45) is 1.29. The number of carbonyl (C=O) groups is 3. The summed E-state index contributed by atoms with van der Waals surface area (Å²) in [5.41, 5.74) is -0.0836. The number of imide groups is 1. The molecule has 7 nitrogen and oxygen atoms in total. The standard InChI is InChI=1S/C19H11ClN2O5/c1-21-9-14(16(23)13-8-10(20)6-7-15(13)21)19(26)27-22-17(24)11-4-2-3-5-12(11)18(22)25/h2-9H,1H3. The van der Waals surface area contributed by atoms with Gasteiger partial charge in [0.25, 0.3) is 11.8 Å². The predicted molar refractivity (Wildman–Crippen MR) is 96.6 cm³/mol. The molecule has 1 aliphatic heterocycles. The molecule has 8 heteroatoms. The first-order valence-electron chi connectivity index (χ1n) is 7.87. The highest BCUT2D eigenvalue weighted by Gasteiger charge is 2.39. The first kappa shape index (κ1) is 17.0. The van der Waals surface area contributed by atoms with E-state index in [4.69, 9.17) is 16.4 Å². The molecule has 4 rings (SSSR count). The van der Waals surface area contributed by atoms with E-state index in [0.717, 1.165) is 0 Å². The van der Waals surface area contributed by atoms with E-state index in [2.05, 4.69) is 0 Å². The van der Waals surface area contributed by atoms with Gasteiger partial charge in [-0.1, -0.05) is 28.8 Å². The van der Waals surface area contributed by atoms with Crippen molar-refractivity contribution in [1.82, 2.24) is 9.63 Å². The first-order chi connectivity index (χ1) is 12.9. The molecular weight excluding hydrogens is 372 g/mol. The number of rotatable bonds is 2. The van der Waals surface area contributed by atoms with Gasteiger partial charge in [-0.2, -0.15) is 0 Å². The van der Waals surface area contributed by atoms with Crippen LogP contribution in [0.5, 0.6) is 0 Å². The van der Waals surface area contributed by atoms with Crippen molar-refractivity contribution in [2.75, 3.05) is 0 Å². The van der Waals surface area contributed by atoms with Crippen LogP contribution < -0.4 is 5.43 Å². The predicted octanol–water partition coefficient (Wildman–Crippen LogP) is 2.56. The fraction of sp³-hybridized carbons (Fsp3) is 0.0526. The van der Waals surface area contributed by atoms with E-state index >= 15 is 0 Å². The molecule has 3 aromatic rings. The molecule has 27 heavy (non-hydrogen) atoms. The molecule has 1 aromatic heterocycles. The summed E-state index contributed by atoms with van der Waals surface area (Å²) in [6, 6.07) is 10.8. The maximum Gasteiger partial charge on any atom is 0.369 e. The zero-order valence-corrected chi connectivity index (χ0v) is 14.7. The maximum absolute atomic E-state index is 12.7. The van der Waals surface area contributed by atoms with Gasteiger partial charge in [0.15, 0.2) is 0 Å². The fourth-order valence-electron chi connectivity index (χ4n) is 2.99. The van der Waals surface area contributed by atoms with E-state index in [1.54, 1.807) is 35.9 Å². The number of halogens is 1. The number of hydrogen-bond donors (Lipinski definition) is 0. The zero-order chi connectivity index (χ0) is 19.3. The third-order valence-electron chi connectivity index (χ3n) is 4.30. The summed E-state index contributed by atoms with van der Waals surface area (Å²) >= 11 is 5.94. The van der Waals surface area contributed by atoms with Crippen molar-refractivity contribution in [3.63, 3.8) is 0 Å². The Morgan fingerprint density at radius 2 is 1.63 bits per heavy atom. The van der Waals surface area contributed by atoms with E-state index in [1.165, 1.54) is 24.4 Å². The largest absolute Gasteiger partial charge is 0.369 e. The molecule has 0 N–H and O–H groups in total. The SMILES string of the molecule is Cn1cc(C(=O)ON2C(=O)c3ccccc3C2=O)c(=O)c2cc(Cl)ccc21. The number of carbonyl (C=O) groups excluding carboxylic acids is 3. The number of hydroxylamine groups is 2. The zero-order valence-electron chi connectivity index (χ0n) is 13.9. The Bertz CT molecular complexity index is 1180. The van der Waals surface area contributed by atoms with Gasteiger partial charge in [0.05, 0.1) is 16.6 Å². The van der Waals surface area contributed by atoms with Crippen LogP contribution in [0.25, 0.3) is 10.9 Å². The summed E-state index contributed by atoms with van der Waals surface area (Å²) in [6.45, 7) is 0. The second-order valence-electron chi connectivity index (χ2n) is 5.97. The lowest BCUT2D eigenvalue weighted by Crippen LogP contribution is -2.34. The Hall–Kier alpha value is -3.45. The number of aryl methyl sites for hydroxylation is 1. The van der Waals surface area contributed by atoms with Crippen molar-refractivity contribution in [2.24, 2.45) is 7.05 Å². The monoisotopic (exact) mass is 382 g/mol. The van der Waals surface area contributed by atoms with Crippen LogP contribution in [0.4, 0.5) is 0 Å².